The van der Waals surface area contributed by atoms with Gasteiger partial charge in [0.2, 0.25) is 5.52 Å². The third-order valence-corrected chi connectivity index (χ3v) is 5.17. The molecule has 0 atom stereocenters. The quantitative estimate of drug-likeness (QED) is 0.198. The van der Waals surface area contributed by atoms with Crippen molar-refractivity contribution in [1.29, 1.82) is 0 Å². The number of thiazole rings is 1. The summed E-state index contributed by atoms with van der Waals surface area (Å²) in [5.41, 5.74) is 3.83. The molecule has 7 heteroatoms. The zero-order chi connectivity index (χ0) is 20.7. The predicted molar refractivity (Wildman–Crippen MR) is 113 cm³/mol. The van der Waals surface area contributed by atoms with Crippen LogP contribution in [0.5, 0.6) is 0 Å². The fraction of sp³-hybridized carbons (Fsp3) is 0.0455. The zero-order valence-electron chi connectivity index (χ0n) is 15.4. The van der Waals surface area contributed by atoms with Gasteiger partial charge in [0.25, 0.3) is 5.01 Å². The molecule has 0 radical (unpaired) electrons. The number of aromatic nitrogens is 1. The lowest BCUT2D eigenvalue weighted by atomic mass is 10.2. The summed E-state index contributed by atoms with van der Waals surface area (Å²) in [5.74, 6) is 0. The second-order valence-electron chi connectivity index (χ2n) is 6.22. The summed E-state index contributed by atoms with van der Waals surface area (Å²) in [7, 11) is -6.00. The van der Waals surface area contributed by atoms with E-state index in [0.29, 0.717) is 0 Å². The first-order chi connectivity index (χ1) is 13.9. The second-order valence-corrected chi connectivity index (χ2v) is 7.28. The van der Waals surface area contributed by atoms with Crippen molar-refractivity contribution in [2.24, 2.45) is 0 Å². The van der Waals surface area contributed by atoms with E-state index < -0.39 is 7.25 Å². The molecule has 1 heterocycles. The molecule has 0 aliphatic carbocycles. The number of benzene rings is 3. The highest BCUT2D eigenvalue weighted by Gasteiger charge is 2.20. The Morgan fingerprint density at radius 2 is 1.28 bits per heavy atom. The Labute approximate surface area is 170 Å². The minimum absolute atomic E-state index is 0.888. The molecule has 29 heavy (non-hydrogen) atoms. The molecule has 0 N–H and O–H groups in total. The Hall–Kier alpha value is -2.93. The molecular formula is C22H18BF4NS. The summed E-state index contributed by atoms with van der Waals surface area (Å²) in [6.07, 6.45) is 4.41. The Balaban J connectivity index is 0.000000431. The summed E-state index contributed by atoms with van der Waals surface area (Å²) >= 11 is 1.84. The van der Waals surface area contributed by atoms with Crippen LogP contribution in [0.4, 0.5) is 17.3 Å². The molecule has 4 rings (SSSR count). The summed E-state index contributed by atoms with van der Waals surface area (Å²) in [4.78, 5) is 0. The van der Waals surface area contributed by atoms with Gasteiger partial charge in [0.15, 0.2) is 6.54 Å². The van der Waals surface area contributed by atoms with Gasteiger partial charge < -0.3 is 17.3 Å². The normalized spacial score (nSPS) is 11.4. The molecule has 4 aromatic rings. The highest BCUT2D eigenvalue weighted by atomic mass is 32.1. The monoisotopic (exact) mass is 415 g/mol. The van der Waals surface area contributed by atoms with Crippen LogP contribution in [0.1, 0.15) is 16.1 Å². The van der Waals surface area contributed by atoms with Crippen molar-refractivity contribution in [2.45, 2.75) is 6.54 Å². The van der Waals surface area contributed by atoms with Gasteiger partial charge in [0, 0.05) is 17.7 Å². The van der Waals surface area contributed by atoms with E-state index in [0.717, 1.165) is 6.54 Å². The first-order valence-corrected chi connectivity index (χ1v) is 9.77. The summed E-state index contributed by atoms with van der Waals surface area (Å²) in [5, 5.41) is 1.27. The van der Waals surface area contributed by atoms with E-state index >= 15 is 0 Å². The molecule has 3 aromatic carbocycles. The van der Waals surface area contributed by atoms with Crippen LogP contribution in [0, 0.1) is 0 Å². The highest BCUT2D eigenvalue weighted by molar-refractivity contribution is 7.18. The van der Waals surface area contributed by atoms with Crippen molar-refractivity contribution < 1.29 is 21.8 Å². The Kier molecular flexibility index (Phi) is 6.83. The zero-order valence-corrected chi connectivity index (χ0v) is 16.2. The smallest absolute Gasteiger partial charge is 0.418 e. The average molecular weight is 415 g/mol. The topological polar surface area (TPSA) is 3.88 Å². The maximum absolute atomic E-state index is 9.75. The Bertz CT molecular complexity index is 1070. The molecule has 148 valence electrons. The van der Waals surface area contributed by atoms with Crippen molar-refractivity contribution in [3.63, 3.8) is 0 Å². The number of rotatable bonds is 4. The second kappa shape index (κ2) is 9.52. The van der Waals surface area contributed by atoms with Crippen LogP contribution in [-0.4, -0.2) is 7.25 Å². The molecular weight excluding hydrogens is 397 g/mol. The Morgan fingerprint density at radius 3 is 1.93 bits per heavy atom. The van der Waals surface area contributed by atoms with E-state index in [9.17, 15) is 17.3 Å². The molecule has 0 spiro atoms. The van der Waals surface area contributed by atoms with Gasteiger partial charge in [0.1, 0.15) is 4.70 Å². The molecule has 0 saturated heterocycles. The van der Waals surface area contributed by atoms with Gasteiger partial charge in [-0.15, -0.1) is 0 Å². The average Bonchev–Trinajstić information content (AvgIpc) is 3.04. The molecule has 0 bridgehead atoms. The van der Waals surface area contributed by atoms with Crippen molar-refractivity contribution in [3.05, 3.63) is 101 Å². The summed E-state index contributed by atoms with van der Waals surface area (Å²) in [6.45, 7) is 0.888. The number of nitrogens with zero attached hydrogens (tertiary/aromatic N) is 1. The molecule has 1 aromatic heterocycles. The SMILES string of the molecule is C(=Cc1sc2ccccc2[n+]1Cc1ccccc1)c1ccccc1.F[B-](F)(F)F. The summed E-state index contributed by atoms with van der Waals surface area (Å²) < 4.78 is 42.7. The third kappa shape index (κ3) is 6.57. The number of halogens is 4. The van der Waals surface area contributed by atoms with Crippen LogP contribution < -0.4 is 4.57 Å². The molecule has 0 aliphatic heterocycles. The van der Waals surface area contributed by atoms with Gasteiger partial charge in [-0.25, -0.2) is 0 Å². The van der Waals surface area contributed by atoms with E-state index in [1.54, 1.807) is 0 Å². The highest BCUT2D eigenvalue weighted by Crippen LogP contribution is 2.22. The standard InChI is InChI=1S/C22H18NS.BF4/c1-3-9-18(10-4-1)15-16-22-23(17-19-11-5-2-6-12-19)20-13-7-8-14-21(20)24-22;2-1(3,4)5/h1-16H,17H2;/q+1;-1. The van der Waals surface area contributed by atoms with Gasteiger partial charge >= 0.3 is 7.25 Å². The van der Waals surface area contributed by atoms with E-state index in [1.165, 1.54) is 26.4 Å². The maximum Gasteiger partial charge on any atom is 0.673 e. The number of fused-ring (bicyclic) bond motifs is 1. The lowest BCUT2D eigenvalue weighted by molar-refractivity contribution is -0.659. The molecule has 1 nitrogen and oxygen atoms in total. The largest absolute Gasteiger partial charge is 0.673 e. The first kappa shape index (κ1) is 20.8. The van der Waals surface area contributed by atoms with Gasteiger partial charge in [-0.05, 0) is 17.7 Å². The molecule has 0 unspecified atom stereocenters. The van der Waals surface area contributed by atoms with Crippen LogP contribution in [0.3, 0.4) is 0 Å². The molecule has 0 aliphatic rings. The van der Waals surface area contributed by atoms with E-state index in [1.807, 2.05) is 17.4 Å². The minimum atomic E-state index is -6.00. The molecule has 0 amide bonds. The van der Waals surface area contributed by atoms with Gasteiger partial charge in [-0.1, -0.05) is 84.1 Å². The lowest BCUT2D eigenvalue weighted by Crippen LogP contribution is -2.35. The minimum Gasteiger partial charge on any atom is -0.418 e. The lowest BCUT2D eigenvalue weighted by Gasteiger charge is -1.98. The number of para-hydroxylation sites is 1. The fourth-order valence-electron chi connectivity index (χ4n) is 2.84. The van der Waals surface area contributed by atoms with Crippen LogP contribution in [0.25, 0.3) is 22.4 Å². The van der Waals surface area contributed by atoms with Crippen LogP contribution in [0.2, 0.25) is 0 Å². The first-order valence-electron chi connectivity index (χ1n) is 8.96. The fourth-order valence-corrected chi connectivity index (χ4v) is 3.90. The Morgan fingerprint density at radius 1 is 0.724 bits per heavy atom. The van der Waals surface area contributed by atoms with E-state index in [-0.39, 0.29) is 0 Å². The van der Waals surface area contributed by atoms with Crippen molar-refractivity contribution >= 4 is 41.0 Å². The maximum atomic E-state index is 9.75. The summed E-state index contributed by atoms with van der Waals surface area (Å²) in [6, 6.07) is 29.7. The number of hydrogen-bond donors (Lipinski definition) is 0. The third-order valence-electron chi connectivity index (χ3n) is 4.04. The molecule has 0 fully saturated rings. The van der Waals surface area contributed by atoms with Gasteiger partial charge in [-0.2, -0.15) is 4.57 Å². The van der Waals surface area contributed by atoms with E-state index in [2.05, 4.69) is 95.6 Å². The van der Waals surface area contributed by atoms with Crippen molar-refractivity contribution in [3.8, 4) is 0 Å². The van der Waals surface area contributed by atoms with Crippen molar-refractivity contribution in [1.82, 2.24) is 0 Å². The van der Waals surface area contributed by atoms with Crippen molar-refractivity contribution in [2.75, 3.05) is 0 Å². The van der Waals surface area contributed by atoms with Crippen LogP contribution >= 0.6 is 11.3 Å². The van der Waals surface area contributed by atoms with Crippen LogP contribution in [0.15, 0.2) is 84.9 Å². The predicted octanol–water partition coefficient (Wildman–Crippen LogP) is 6.71. The van der Waals surface area contributed by atoms with Gasteiger partial charge in [-0.3, -0.25) is 0 Å². The number of hydrogen-bond acceptors (Lipinski definition) is 1. The molecule has 0 saturated carbocycles. The van der Waals surface area contributed by atoms with Gasteiger partial charge in [0.05, 0.1) is 0 Å². The van der Waals surface area contributed by atoms with E-state index in [4.69, 9.17) is 0 Å². The van der Waals surface area contributed by atoms with Crippen LogP contribution in [-0.2, 0) is 6.54 Å².